The highest BCUT2D eigenvalue weighted by molar-refractivity contribution is 5.49. The zero-order chi connectivity index (χ0) is 11.6. The smallest absolute Gasteiger partial charge is 0.120 e. The lowest BCUT2D eigenvalue weighted by molar-refractivity contribution is -0.109. The fourth-order valence-electron chi connectivity index (χ4n) is 1.73. The van der Waals surface area contributed by atoms with Crippen LogP contribution < -0.4 is 0 Å². The Morgan fingerprint density at radius 1 is 1.31 bits per heavy atom. The van der Waals surface area contributed by atoms with E-state index in [0.717, 1.165) is 19.1 Å². The molecule has 16 heavy (non-hydrogen) atoms. The van der Waals surface area contributed by atoms with E-state index in [4.69, 9.17) is 4.74 Å². The van der Waals surface area contributed by atoms with Crippen molar-refractivity contribution in [3.8, 4) is 0 Å². The van der Waals surface area contributed by atoms with Gasteiger partial charge in [-0.2, -0.15) is 0 Å². The molecule has 1 atom stereocenters. The fraction of sp³-hybridized carbons (Fsp3) is 0.500. The third-order valence-electron chi connectivity index (χ3n) is 2.59. The van der Waals surface area contributed by atoms with Gasteiger partial charge in [0.2, 0.25) is 0 Å². The van der Waals surface area contributed by atoms with E-state index >= 15 is 0 Å². The average Bonchev–Trinajstić information content (AvgIpc) is 2.31. The molecule has 0 radical (unpaired) electrons. The molecule has 1 aromatic carbocycles. The lowest BCUT2D eigenvalue weighted by atomic mass is 10.0. The Hall–Kier alpha value is -1.15. The Morgan fingerprint density at radius 2 is 2.06 bits per heavy atom. The lowest BCUT2D eigenvalue weighted by Crippen LogP contribution is -2.10. The summed E-state index contributed by atoms with van der Waals surface area (Å²) in [5.74, 6) is 0.381. The second-order valence-corrected chi connectivity index (χ2v) is 4.06. The maximum atomic E-state index is 10.5. The summed E-state index contributed by atoms with van der Waals surface area (Å²) < 4.78 is 5.63. The van der Waals surface area contributed by atoms with Crippen LogP contribution in [0.2, 0.25) is 0 Å². The van der Waals surface area contributed by atoms with Crippen LogP contribution >= 0.6 is 0 Å². The second-order valence-electron chi connectivity index (χ2n) is 4.06. The highest BCUT2D eigenvalue weighted by Crippen LogP contribution is 2.11. The van der Waals surface area contributed by atoms with Crippen LogP contribution in [0.25, 0.3) is 0 Å². The summed E-state index contributed by atoms with van der Waals surface area (Å²) in [5.41, 5.74) is 1.18. The van der Waals surface area contributed by atoms with Gasteiger partial charge in [-0.15, -0.1) is 0 Å². The number of carbonyl (C=O) groups is 1. The van der Waals surface area contributed by atoms with E-state index in [1.54, 1.807) is 0 Å². The van der Waals surface area contributed by atoms with Crippen molar-refractivity contribution in [3.63, 3.8) is 0 Å². The molecule has 0 N–H and O–H groups in total. The van der Waals surface area contributed by atoms with Crippen molar-refractivity contribution in [3.05, 3.63) is 35.9 Å². The van der Waals surface area contributed by atoms with Gasteiger partial charge in [0, 0.05) is 6.42 Å². The van der Waals surface area contributed by atoms with Gasteiger partial charge in [-0.3, -0.25) is 0 Å². The van der Waals surface area contributed by atoms with Crippen LogP contribution in [0.15, 0.2) is 30.3 Å². The van der Waals surface area contributed by atoms with Crippen LogP contribution in [0.5, 0.6) is 0 Å². The lowest BCUT2D eigenvalue weighted by Gasteiger charge is -2.13. The molecule has 0 spiro atoms. The van der Waals surface area contributed by atoms with Gasteiger partial charge in [0.1, 0.15) is 6.29 Å². The Bertz CT molecular complexity index is 282. The standard InChI is InChI=1S/C14H20O2/c1-2-6-13(9-10-15)11-16-12-14-7-4-3-5-8-14/h3-5,7-8,10,13H,2,6,9,11-12H2,1H3. The van der Waals surface area contributed by atoms with E-state index < -0.39 is 0 Å². The maximum Gasteiger partial charge on any atom is 0.120 e. The van der Waals surface area contributed by atoms with Gasteiger partial charge in [0.15, 0.2) is 0 Å². The van der Waals surface area contributed by atoms with Gasteiger partial charge in [-0.05, 0) is 17.9 Å². The first-order valence-corrected chi connectivity index (χ1v) is 5.92. The molecule has 2 nitrogen and oxygen atoms in total. The van der Waals surface area contributed by atoms with E-state index in [2.05, 4.69) is 19.1 Å². The van der Waals surface area contributed by atoms with Crippen LogP contribution in [0, 0.1) is 5.92 Å². The molecule has 0 saturated heterocycles. The third-order valence-corrected chi connectivity index (χ3v) is 2.59. The first-order chi connectivity index (χ1) is 7.86. The van der Waals surface area contributed by atoms with E-state index in [1.165, 1.54) is 5.56 Å². The fourth-order valence-corrected chi connectivity index (χ4v) is 1.73. The van der Waals surface area contributed by atoms with Crippen molar-refractivity contribution in [2.24, 2.45) is 5.92 Å². The Kier molecular flexibility index (Phi) is 6.50. The molecule has 88 valence electrons. The zero-order valence-electron chi connectivity index (χ0n) is 9.89. The molecule has 0 saturated carbocycles. The first-order valence-electron chi connectivity index (χ1n) is 5.92. The van der Waals surface area contributed by atoms with Gasteiger partial charge in [0.25, 0.3) is 0 Å². The number of hydrogen-bond donors (Lipinski definition) is 0. The summed E-state index contributed by atoms with van der Waals surface area (Å²) in [4.78, 5) is 10.5. The minimum absolute atomic E-state index is 0.381. The number of ether oxygens (including phenoxy) is 1. The van der Waals surface area contributed by atoms with E-state index in [9.17, 15) is 4.79 Å². The van der Waals surface area contributed by atoms with Crippen molar-refractivity contribution in [2.75, 3.05) is 6.61 Å². The van der Waals surface area contributed by atoms with Crippen molar-refractivity contribution >= 4 is 6.29 Å². The van der Waals surface area contributed by atoms with Crippen LogP contribution in [0.3, 0.4) is 0 Å². The molecule has 0 bridgehead atoms. The maximum absolute atomic E-state index is 10.5. The Balaban J connectivity index is 2.24. The first kappa shape index (κ1) is 12.9. The van der Waals surface area contributed by atoms with E-state index in [-0.39, 0.29) is 0 Å². The largest absolute Gasteiger partial charge is 0.376 e. The molecule has 0 aliphatic rings. The third kappa shape index (κ3) is 5.08. The molecule has 1 unspecified atom stereocenters. The second kappa shape index (κ2) is 8.05. The molecule has 0 aromatic heterocycles. The summed E-state index contributed by atoms with van der Waals surface area (Å²) in [6.07, 6.45) is 3.77. The van der Waals surface area contributed by atoms with Crippen molar-refractivity contribution in [1.82, 2.24) is 0 Å². The molecule has 2 heteroatoms. The SMILES string of the molecule is CCCC(CC=O)COCc1ccccc1. The molecule has 0 heterocycles. The van der Waals surface area contributed by atoms with E-state index in [0.29, 0.717) is 25.6 Å². The number of rotatable bonds is 8. The summed E-state index contributed by atoms with van der Waals surface area (Å²) in [7, 11) is 0. The number of benzene rings is 1. The highest BCUT2D eigenvalue weighted by atomic mass is 16.5. The molecule has 0 fully saturated rings. The normalized spacial score (nSPS) is 12.3. The van der Waals surface area contributed by atoms with Crippen molar-refractivity contribution in [2.45, 2.75) is 32.8 Å². The van der Waals surface area contributed by atoms with Crippen LogP contribution in [-0.4, -0.2) is 12.9 Å². The van der Waals surface area contributed by atoms with Crippen molar-refractivity contribution < 1.29 is 9.53 Å². The Morgan fingerprint density at radius 3 is 2.69 bits per heavy atom. The average molecular weight is 220 g/mol. The molecule has 0 aliphatic heterocycles. The van der Waals surface area contributed by atoms with Crippen LogP contribution in [-0.2, 0) is 16.1 Å². The summed E-state index contributed by atoms with van der Waals surface area (Å²) in [6.45, 7) is 3.45. The van der Waals surface area contributed by atoms with Gasteiger partial charge < -0.3 is 9.53 Å². The predicted molar refractivity (Wildman–Crippen MR) is 65.2 cm³/mol. The van der Waals surface area contributed by atoms with Gasteiger partial charge in [0.05, 0.1) is 13.2 Å². The minimum atomic E-state index is 0.381. The zero-order valence-corrected chi connectivity index (χ0v) is 9.89. The number of carbonyl (C=O) groups excluding carboxylic acids is 1. The quantitative estimate of drug-likeness (QED) is 0.629. The molecule has 0 amide bonds. The van der Waals surface area contributed by atoms with Crippen molar-refractivity contribution in [1.29, 1.82) is 0 Å². The molecular formula is C14H20O2. The van der Waals surface area contributed by atoms with Crippen LogP contribution in [0.4, 0.5) is 0 Å². The van der Waals surface area contributed by atoms with Gasteiger partial charge in [-0.1, -0.05) is 43.7 Å². The van der Waals surface area contributed by atoms with Crippen LogP contribution in [0.1, 0.15) is 31.7 Å². The molecule has 0 aliphatic carbocycles. The Labute approximate surface area is 97.6 Å². The number of hydrogen-bond acceptors (Lipinski definition) is 2. The minimum Gasteiger partial charge on any atom is -0.376 e. The van der Waals surface area contributed by atoms with Gasteiger partial charge >= 0.3 is 0 Å². The molecular weight excluding hydrogens is 200 g/mol. The highest BCUT2D eigenvalue weighted by Gasteiger charge is 2.07. The summed E-state index contributed by atoms with van der Waals surface area (Å²) in [6, 6.07) is 10.1. The van der Waals surface area contributed by atoms with Gasteiger partial charge in [-0.25, -0.2) is 0 Å². The molecule has 1 rings (SSSR count). The predicted octanol–water partition coefficient (Wildman–Crippen LogP) is 3.21. The van der Waals surface area contributed by atoms with E-state index in [1.807, 2.05) is 18.2 Å². The summed E-state index contributed by atoms with van der Waals surface area (Å²) >= 11 is 0. The summed E-state index contributed by atoms with van der Waals surface area (Å²) in [5, 5.41) is 0. The monoisotopic (exact) mass is 220 g/mol. The molecule has 1 aromatic rings. The number of aldehydes is 1. The topological polar surface area (TPSA) is 26.3 Å².